The number of carbonyl (C=O) groups is 2. The Balaban J connectivity index is 2.31. The summed E-state index contributed by atoms with van der Waals surface area (Å²) < 4.78 is 0. The van der Waals surface area contributed by atoms with E-state index in [2.05, 4.69) is 15.9 Å². The van der Waals surface area contributed by atoms with Gasteiger partial charge in [-0.2, -0.15) is 0 Å². The topological polar surface area (TPSA) is 34.1 Å². The van der Waals surface area contributed by atoms with E-state index < -0.39 is 0 Å². The third-order valence-electron chi connectivity index (χ3n) is 3.69. The summed E-state index contributed by atoms with van der Waals surface area (Å²) in [6.45, 7) is 2.02. The lowest BCUT2D eigenvalue weighted by Gasteiger charge is -2.37. The quantitative estimate of drug-likeness (QED) is 0.612. The van der Waals surface area contributed by atoms with E-state index in [9.17, 15) is 9.59 Å². The van der Waals surface area contributed by atoms with Crippen molar-refractivity contribution in [1.29, 1.82) is 0 Å². The zero-order valence-electron chi connectivity index (χ0n) is 7.68. The fourth-order valence-electron chi connectivity index (χ4n) is 2.64. The molecule has 1 unspecified atom stereocenters. The molecular weight excluding hydrogens is 232 g/mol. The number of alkyl halides is 1. The van der Waals surface area contributed by atoms with Gasteiger partial charge in [-0.3, -0.25) is 9.59 Å². The predicted octanol–water partition coefficient (Wildman–Crippen LogP) is 2.10. The fraction of sp³-hybridized carbons (Fsp3) is 0.800. The molecule has 0 bridgehead atoms. The summed E-state index contributed by atoms with van der Waals surface area (Å²) in [6, 6.07) is 0. The Morgan fingerprint density at radius 2 is 2.08 bits per heavy atom. The number of halogens is 1. The summed E-state index contributed by atoms with van der Waals surface area (Å²) in [4.78, 5) is 23.0. The zero-order chi connectivity index (χ0) is 9.64. The highest BCUT2D eigenvalue weighted by Crippen LogP contribution is 2.50. The molecule has 13 heavy (non-hydrogen) atoms. The lowest BCUT2D eigenvalue weighted by Crippen LogP contribution is -2.42. The van der Waals surface area contributed by atoms with Gasteiger partial charge in [0.15, 0.2) is 0 Å². The lowest BCUT2D eigenvalue weighted by atomic mass is 9.69. The van der Waals surface area contributed by atoms with Crippen molar-refractivity contribution in [3.05, 3.63) is 0 Å². The molecule has 0 heterocycles. The Bertz CT molecular complexity index is 274. The van der Waals surface area contributed by atoms with Gasteiger partial charge in [0.1, 0.15) is 11.6 Å². The summed E-state index contributed by atoms with van der Waals surface area (Å²) in [6.07, 6.45) is 2.87. The molecule has 0 amide bonds. The fourth-order valence-corrected chi connectivity index (χ4v) is 3.71. The highest BCUT2D eigenvalue weighted by Gasteiger charge is 2.52. The minimum atomic E-state index is -0.206. The van der Waals surface area contributed by atoms with Crippen LogP contribution in [-0.2, 0) is 9.59 Å². The van der Waals surface area contributed by atoms with Crippen molar-refractivity contribution < 1.29 is 9.59 Å². The van der Waals surface area contributed by atoms with Crippen molar-refractivity contribution in [2.45, 2.75) is 37.4 Å². The Morgan fingerprint density at radius 3 is 2.77 bits per heavy atom. The summed E-state index contributed by atoms with van der Waals surface area (Å²) in [5, 5.41) is 0. The van der Waals surface area contributed by atoms with Gasteiger partial charge in [0.2, 0.25) is 0 Å². The minimum Gasteiger partial charge on any atom is -0.299 e. The molecule has 3 heteroatoms. The van der Waals surface area contributed by atoms with E-state index in [0.29, 0.717) is 18.6 Å². The number of carbonyl (C=O) groups excluding carboxylic acids is 2. The molecule has 0 N–H and O–H groups in total. The maximum absolute atomic E-state index is 11.7. The van der Waals surface area contributed by atoms with Crippen LogP contribution in [0.3, 0.4) is 0 Å². The van der Waals surface area contributed by atoms with E-state index in [1.807, 2.05) is 6.92 Å². The normalized spacial score (nSPS) is 45.1. The zero-order valence-corrected chi connectivity index (χ0v) is 9.26. The first-order valence-corrected chi connectivity index (χ1v) is 5.67. The first-order chi connectivity index (χ1) is 6.05. The van der Waals surface area contributed by atoms with Crippen LogP contribution in [0, 0.1) is 11.3 Å². The van der Waals surface area contributed by atoms with Crippen molar-refractivity contribution in [3.8, 4) is 0 Å². The number of fused-ring (bicyclic) bond motifs is 1. The Morgan fingerprint density at radius 1 is 1.38 bits per heavy atom. The summed E-state index contributed by atoms with van der Waals surface area (Å²) in [5.41, 5.74) is -0.206. The lowest BCUT2D eigenvalue weighted by molar-refractivity contribution is -0.131. The van der Waals surface area contributed by atoms with Gasteiger partial charge in [-0.1, -0.05) is 22.9 Å². The molecule has 2 aliphatic carbocycles. The monoisotopic (exact) mass is 244 g/mol. The second-order valence-electron chi connectivity index (χ2n) is 4.35. The number of ketones is 2. The van der Waals surface area contributed by atoms with E-state index in [-0.39, 0.29) is 21.9 Å². The number of Topliss-reactive ketones (excluding diaryl/α,β-unsaturated/α-hetero) is 2. The molecule has 0 aliphatic heterocycles. The maximum Gasteiger partial charge on any atom is 0.146 e. The van der Waals surface area contributed by atoms with Gasteiger partial charge in [0, 0.05) is 18.3 Å². The highest BCUT2D eigenvalue weighted by molar-refractivity contribution is 9.10. The van der Waals surface area contributed by atoms with Crippen LogP contribution in [0.5, 0.6) is 0 Å². The van der Waals surface area contributed by atoms with Crippen molar-refractivity contribution in [2.24, 2.45) is 11.3 Å². The molecule has 2 rings (SSSR count). The Kier molecular flexibility index (Phi) is 2.10. The molecule has 72 valence electrons. The van der Waals surface area contributed by atoms with Crippen LogP contribution in [0.2, 0.25) is 0 Å². The van der Waals surface area contributed by atoms with E-state index in [4.69, 9.17) is 0 Å². The van der Waals surface area contributed by atoms with Crippen LogP contribution in [-0.4, -0.2) is 16.4 Å². The second-order valence-corrected chi connectivity index (χ2v) is 5.34. The minimum absolute atomic E-state index is 0.0716. The summed E-state index contributed by atoms with van der Waals surface area (Å²) in [5.74, 6) is 0.882. The van der Waals surface area contributed by atoms with Crippen molar-refractivity contribution >= 4 is 27.5 Å². The van der Waals surface area contributed by atoms with Crippen LogP contribution in [0.1, 0.15) is 32.6 Å². The summed E-state index contributed by atoms with van der Waals surface area (Å²) >= 11 is 3.42. The van der Waals surface area contributed by atoms with Crippen LogP contribution in [0.4, 0.5) is 0 Å². The van der Waals surface area contributed by atoms with Crippen molar-refractivity contribution in [1.82, 2.24) is 0 Å². The molecule has 0 aromatic heterocycles. The van der Waals surface area contributed by atoms with Gasteiger partial charge in [-0.15, -0.1) is 0 Å². The third-order valence-corrected chi connectivity index (χ3v) is 4.84. The van der Waals surface area contributed by atoms with Crippen LogP contribution in [0.25, 0.3) is 0 Å². The van der Waals surface area contributed by atoms with E-state index in [0.717, 1.165) is 12.8 Å². The highest BCUT2D eigenvalue weighted by atomic mass is 79.9. The molecule has 0 saturated heterocycles. The Labute approximate surface area is 86.2 Å². The van der Waals surface area contributed by atoms with Gasteiger partial charge >= 0.3 is 0 Å². The van der Waals surface area contributed by atoms with Gasteiger partial charge in [0.05, 0.1) is 4.83 Å². The number of hydrogen-bond acceptors (Lipinski definition) is 2. The van der Waals surface area contributed by atoms with Crippen molar-refractivity contribution in [2.75, 3.05) is 0 Å². The number of hydrogen-bond donors (Lipinski definition) is 0. The molecule has 2 nitrogen and oxygen atoms in total. The van der Waals surface area contributed by atoms with Gasteiger partial charge in [-0.05, 0) is 18.8 Å². The van der Waals surface area contributed by atoms with Crippen LogP contribution < -0.4 is 0 Å². The first kappa shape index (κ1) is 9.38. The molecular formula is C10H13BrO2. The SMILES string of the molecule is C[C@]12CCC(=O)C(Br)[C@@H]1CCC2=O. The van der Waals surface area contributed by atoms with E-state index in [1.54, 1.807) is 0 Å². The predicted molar refractivity (Wildman–Crippen MR) is 52.8 cm³/mol. The van der Waals surface area contributed by atoms with Gasteiger partial charge in [-0.25, -0.2) is 0 Å². The largest absolute Gasteiger partial charge is 0.299 e. The molecule has 2 aliphatic rings. The van der Waals surface area contributed by atoms with E-state index in [1.165, 1.54) is 0 Å². The average Bonchev–Trinajstić information content (AvgIpc) is 2.39. The molecule has 2 saturated carbocycles. The Hall–Kier alpha value is -0.180. The van der Waals surface area contributed by atoms with Gasteiger partial charge in [0.25, 0.3) is 0 Å². The van der Waals surface area contributed by atoms with Gasteiger partial charge < -0.3 is 0 Å². The molecule has 0 radical (unpaired) electrons. The standard InChI is InChI=1S/C10H13BrO2/c1-10-5-4-7(12)9(11)6(10)2-3-8(10)13/h6,9H,2-5H2,1H3/t6-,9?,10-/m0/s1. The molecule has 0 aromatic rings. The molecule has 0 spiro atoms. The third kappa shape index (κ3) is 1.20. The first-order valence-electron chi connectivity index (χ1n) is 4.76. The smallest absolute Gasteiger partial charge is 0.146 e. The summed E-state index contributed by atoms with van der Waals surface area (Å²) in [7, 11) is 0. The average molecular weight is 245 g/mol. The van der Waals surface area contributed by atoms with Crippen LogP contribution >= 0.6 is 15.9 Å². The molecule has 0 aromatic carbocycles. The second kappa shape index (κ2) is 2.91. The maximum atomic E-state index is 11.7. The van der Waals surface area contributed by atoms with Crippen LogP contribution in [0.15, 0.2) is 0 Å². The van der Waals surface area contributed by atoms with E-state index >= 15 is 0 Å². The number of rotatable bonds is 0. The van der Waals surface area contributed by atoms with Crippen molar-refractivity contribution in [3.63, 3.8) is 0 Å². The molecule has 2 fully saturated rings. The molecule has 3 atom stereocenters.